The minimum atomic E-state index is -3.24. The number of carbonyl (C=O) groups is 2. The lowest BCUT2D eigenvalue weighted by Crippen LogP contribution is -2.32. The number of rotatable bonds is 5. The highest BCUT2D eigenvalue weighted by Crippen LogP contribution is 2.14. The van der Waals surface area contributed by atoms with Crippen molar-refractivity contribution in [2.75, 3.05) is 12.0 Å². The molecule has 1 saturated heterocycles. The van der Waals surface area contributed by atoms with Gasteiger partial charge in [0, 0.05) is 18.5 Å². The molecule has 138 valence electrons. The van der Waals surface area contributed by atoms with E-state index in [2.05, 4.69) is 10.3 Å². The summed E-state index contributed by atoms with van der Waals surface area (Å²) in [6.45, 7) is 1.65. The lowest BCUT2D eigenvalue weighted by molar-refractivity contribution is -0.127. The maximum absolute atomic E-state index is 12.4. The van der Waals surface area contributed by atoms with Gasteiger partial charge in [0.2, 0.25) is 0 Å². The van der Waals surface area contributed by atoms with Gasteiger partial charge >= 0.3 is 6.03 Å². The Hall–Kier alpha value is -2.75. The molecule has 3 rings (SSSR count). The minimum Gasteiger partial charge on any atom is -0.326 e. The molecule has 1 aliphatic heterocycles. The molecule has 0 aliphatic carbocycles. The normalized spacial score (nSPS) is 17.8. The SMILES string of the molecule is Cc1cccn2c(=O)cc(CN3C(=O)NC(CCS(C)(=O)=O)C3=O)nc12. The Morgan fingerprint density at radius 1 is 1.27 bits per heavy atom. The van der Waals surface area contributed by atoms with Crippen LogP contribution in [0.2, 0.25) is 0 Å². The summed E-state index contributed by atoms with van der Waals surface area (Å²) < 4.78 is 23.9. The molecular formula is C16H18N4O5S. The van der Waals surface area contributed by atoms with Gasteiger partial charge in [-0.1, -0.05) is 6.07 Å². The number of pyridine rings is 1. The Labute approximate surface area is 149 Å². The van der Waals surface area contributed by atoms with Crippen LogP contribution in [0, 0.1) is 6.92 Å². The van der Waals surface area contributed by atoms with Gasteiger partial charge in [-0.2, -0.15) is 0 Å². The van der Waals surface area contributed by atoms with Crippen LogP contribution in [0.5, 0.6) is 0 Å². The third kappa shape index (κ3) is 3.59. The predicted molar refractivity (Wildman–Crippen MR) is 93.4 cm³/mol. The largest absolute Gasteiger partial charge is 0.326 e. The Bertz CT molecular complexity index is 1060. The fraction of sp³-hybridized carbons (Fsp3) is 0.375. The van der Waals surface area contributed by atoms with Gasteiger partial charge in [0.25, 0.3) is 11.5 Å². The number of nitrogens with one attached hydrogen (secondary N) is 1. The molecule has 9 nitrogen and oxygen atoms in total. The Balaban J connectivity index is 1.84. The van der Waals surface area contributed by atoms with Gasteiger partial charge in [-0.15, -0.1) is 0 Å². The molecule has 1 fully saturated rings. The van der Waals surface area contributed by atoms with Crippen molar-refractivity contribution in [3.05, 3.63) is 46.0 Å². The zero-order chi connectivity index (χ0) is 19.1. The van der Waals surface area contributed by atoms with Crippen molar-refractivity contribution in [3.8, 4) is 0 Å². The smallest absolute Gasteiger partial charge is 0.325 e. The maximum Gasteiger partial charge on any atom is 0.325 e. The molecule has 0 radical (unpaired) electrons. The summed E-state index contributed by atoms with van der Waals surface area (Å²) in [5.41, 5.74) is 1.22. The van der Waals surface area contributed by atoms with Crippen LogP contribution in [-0.2, 0) is 21.2 Å². The average molecular weight is 378 g/mol. The fourth-order valence-electron chi connectivity index (χ4n) is 2.81. The first-order chi connectivity index (χ1) is 12.2. The van der Waals surface area contributed by atoms with Crippen LogP contribution >= 0.6 is 0 Å². The van der Waals surface area contributed by atoms with Gasteiger partial charge in [-0.05, 0) is 25.0 Å². The van der Waals surface area contributed by atoms with Crippen molar-refractivity contribution < 1.29 is 18.0 Å². The molecule has 3 amide bonds. The van der Waals surface area contributed by atoms with E-state index >= 15 is 0 Å². The average Bonchev–Trinajstić information content (AvgIpc) is 2.81. The van der Waals surface area contributed by atoms with Gasteiger partial charge < -0.3 is 5.32 Å². The third-order valence-corrected chi connectivity index (χ3v) is 5.12. The van der Waals surface area contributed by atoms with Crippen LogP contribution in [0.4, 0.5) is 4.79 Å². The van der Waals surface area contributed by atoms with Crippen LogP contribution in [0.15, 0.2) is 29.2 Å². The summed E-state index contributed by atoms with van der Waals surface area (Å²) in [6, 6.07) is 3.30. The van der Waals surface area contributed by atoms with Crippen LogP contribution in [-0.4, -0.2) is 52.7 Å². The quantitative estimate of drug-likeness (QED) is 0.724. The first-order valence-electron chi connectivity index (χ1n) is 7.93. The highest BCUT2D eigenvalue weighted by molar-refractivity contribution is 7.90. The van der Waals surface area contributed by atoms with Crippen molar-refractivity contribution in [2.45, 2.75) is 25.9 Å². The number of aromatic nitrogens is 2. The molecule has 26 heavy (non-hydrogen) atoms. The number of sulfone groups is 1. The zero-order valence-corrected chi connectivity index (χ0v) is 15.1. The lowest BCUT2D eigenvalue weighted by atomic mass is 10.2. The summed E-state index contributed by atoms with van der Waals surface area (Å²) in [5, 5.41) is 2.47. The Morgan fingerprint density at radius 3 is 2.69 bits per heavy atom. The standard InChI is InChI=1S/C16H18N4O5S/c1-10-4-3-6-19-13(21)8-11(17-14(10)19)9-20-15(22)12(18-16(20)23)5-7-26(2,24)25/h3-4,6,8,12H,5,7,9H2,1-2H3,(H,18,23). The fourth-order valence-corrected chi connectivity index (χ4v) is 3.47. The molecule has 1 atom stereocenters. The van der Waals surface area contributed by atoms with Crippen molar-refractivity contribution in [2.24, 2.45) is 0 Å². The van der Waals surface area contributed by atoms with Crippen LogP contribution in [0.3, 0.4) is 0 Å². The number of urea groups is 1. The van der Waals surface area contributed by atoms with Crippen LogP contribution in [0.1, 0.15) is 17.7 Å². The van der Waals surface area contributed by atoms with Crippen molar-refractivity contribution in [1.29, 1.82) is 0 Å². The summed E-state index contributed by atoms with van der Waals surface area (Å²) >= 11 is 0. The van der Waals surface area contributed by atoms with E-state index in [0.717, 1.165) is 16.7 Å². The number of nitrogens with zero attached hydrogens (tertiary/aromatic N) is 3. The van der Waals surface area contributed by atoms with Gasteiger partial charge in [-0.3, -0.25) is 18.9 Å². The monoisotopic (exact) mass is 378 g/mol. The summed E-state index contributed by atoms with van der Waals surface area (Å²) in [7, 11) is -3.24. The zero-order valence-electron chi connectivity index (χ0n) is 14.3. The molecule has 0 aromatic carbocycles. The summed E-state index contributed by atoms with van der Waals surface area (Å²) in [4.78, 5) is 42.0. The molecule has 1 unspecified atom stereocenters. The number of aryl methyl sites for hydroxylation is 1. The number of hydrogen-bond donors (Lipinski definition) is 1. The molecule has 1 N–H and O–H groups in total. The van der Waals surface area contributed by atoms with E-state index in [1.54, 1.807) is 25.3 Å². The van der Waals surface area contributed by atoms with Crippen LogP contribution in [0.25, 0.3) is 5.65 Å². The third-order valence-electron chi connectivity index (χ3n) is 4.14. The summed E-state index contributed by atoms with van der Waals surface area (Å²) in [5.74, 6) is -0.725. The van der Waals surface area contributed by atoms with Crippen LogP contribution < -0.4 is 10.9 Å². The van der Waals surface area contributed by atoms with E-state index < -0.39 is 27.8 Å². The second-order valence-electron chi connectivity index (χ2n) is 6.32. The van der Waals surface area contributed by atoms with Crippen molar-refractivity contribution in [1.82, 2.24) is 19.6 Å². The number of carbonyl (C=O) groups excluding carboxylic acids is 2. The van der Waals surface area contributed by atoms with Crippen molar-refractivity contribution in [3.63, 3.8) is 0 Å². The van der Waals surface area contributed by atoms with E-state index in [4.69, 9.17) is 0 Å². The maximum atomic E-state index is 12.4. The number of fused-ring (bicyclic) bond motifs is 1. The highest BCUT2D eigenvalue weighted by Gasteiger charge is 2.38. The number of amides is 3. The predicted octanol–water partition coefficient (Wildman–Crippen LogP) is -0.142. The minimum absolute atomic E-state index is 0.00677. The van der Waals surface area contributed by atoms with E-state index in [9.17, 15) is 22.8 Å². The van der Waals surface area contributed by atoms with E-state index in [1.807, 2.05) is 0 Å². The topological polar surface area (TPSA) is 118 Å². The first-order valence-corrected chi connectivity index (χ1v) is 9.99. The van der Waals surface area contributed by atoms with Gasteiger partial charge in [0.1, 0.15) is 21.5 Å². The molecule has 2 aromatic rings. The molecule has 0 saturated carbocycles. The van der Waals surface area contributed by atoms with E-state index in [0.29, 0.717) is 5.65 Å². The van der Waals surface area contributed by atoms with E-state index in [1.165, 1.54) is 10.5 Å². The Morgan fingerprint density at radius 2 is 2.00 bits per heavy atom. The molecule has 1 aliphatic rings. The van der Waals surface area contributed by atoms with Gasteiger partial charge in [0.15, 0.2) is 0 Å². The second-order valence-corrected chi connectivity index (χ2v) is 8.58. The first kappa shape index (κ1) is 18.1. The lowest BCUT2D eigenvalue weighted by Gasteiger charge is -2.13. The van der Waals surface area contributed by atoms with Gasteiger partial charge in [0.05, 0.1) is 18.0 Å². The van der Waals surface area contributed by atoms with Crippen molar-refractivity contribution >= 4 is 27.4 Å². The molecule has 0 bridgehead atoms. The summed E-state index contributed by atoms with van der Waals surface area (Å²) in [6.07, 6.45) is 2.67. The molecule has 3 heterocycles. The molecule has 2 aromatic heterocycles. The molecular weight excluding hydrogens is 360 g/mol. The van der Waals surface area contributed by atoms with Gasteiger partial charge in [-0.25, -0.2) is 18.2 Å². The number of hydrogen-bond acceptors (Lipinski definition) is 6. The Kier molecular flexibility index (Phi) is 4.53. The highest BCUT2D eigenvalue weighted by atomic mass is 32.2. The molecule has 0 spiro atoms. The number of imide groups is 1. The molecule has 10 heteroatoms. The second kappa shape index (κ2) is 6.52. The van der Waals surface area contributed by atoms with E-state index in [-0.39, 0.29) is 30.0 Å².